The van der Waals surface area contributed by atoms with Crippen LogP contribution in [0.25, 0.3) is 55.2 Å². The van der Waals surface area contributed by atoms with Gasteiger partial charge in [-0.3, -0.25) is 0 Å². The second kappa shape index (κ2) is 7.43. The Morgan fingerprint density at radius 1 is 0.636 bits per heavy atom. The van der Waals surface area contributed by atoms with Crippen molar-refractivity contribution in [3.63, 3.8) is 0 Å². The average molecular weight is 444 g/mol. The van der Waals surface area contributed by atoms with Crippen LogP contribution >= 0.6 is 0 Å². The summed E-state index contributed by atoms with van der Waals surface area (Å²) in [5.41, 5.74) is 7.37. The van der Waals surface area contributed by atoms with Crippen molar-refractivity contribution < 1.29 is 4.42 Å². The Morgan fingerprint density at radius 3 is 2.21 bits per heavy atom. The largest absolute Gasteiger partial charge is 0.455 e. The molecule has 0 fully saturated rings. The van der Waals surface area contributed by atoms with Gasteiger partial charge in [-0.05, 0) is 46.6 Å². The van der Waals surface area contributed by atoms with Crippen molar-refractivity contribution in [2.75, 3.05) is 0 Å². The van der Waals surface area contributed by atoms with Crippen LogP contribution in [0.3, 0.4) is 0 Å². The Hall–Kier alpha value is -3.69. The molecule has 0 N–H and O–H groups in total. The fourth-order valence-corrected chi connectivity index (χ4v) is 6.32. The lowest BCUT2D eigenvalue weighted by Crippen LogP contribution is -2.38. The van der Waals surface area contributed by atoms with E-state index in [1.807, 2.05) is 12.1 Å². The summed E-state index contributed by atoms with van der Waals surface area (Å²) in [6.45, 7) is 7.22. The number of fused-ring (bicyclic) bond motifs is 4. The molecule has 3 heteroatoms. The van der Waals surface area contributed by atoms with Crippen LogP contribution in [0.2, 0.25) is 19.6 Å². The molecule has 0 aliphatic carbocycles. The molecule has 0 unspecified atom stereocenters. The first-order chi connectivity index (χ1) is 16.0. The van der Waals surface area contributed by atoms with Gasteiger partial charge in [0.25, 0.3) is 0 Å². The molecule has 0 bridgehead atoms. The van der Waals surface area contributed by atoms with Gasteiger partial charge in [-0.2, -0.15) is 0 Å². The van der Waals surface area contributed by atoms with Crippen molar-refractivity contribution >= 4 is 46.1 Å². The minimum absolute atomic E-state index is 0.910. The van der Waals surface area contributed by atoms with Gasteiger partial charge in [0.1, 0.15) is 11.2 Å². The van der Waals surface area contributed by atoms with E-state index >= 15 is 0 Å². The van der Waals surface area contributed by atoms with Gasteiger partial charge in [0.05, 0.1) is 19.3 Å². The molecular weight excluding hydrogens is 418 g/mol. The Bertz CT molecular complexity index is 1640. The maximum Gasteiger partial charge on any atom is 0.144 e. The lowest BCUT2D eigenvalue weighted by molar-refractivity contribution is 0.670. The first-order valence-corrected chi connectivity index (χ1v) is 14.9. The molecule has 2 aromatic heterocycles. The van der Waals surface area contributed by atoms with Crippen molar-refractivity contribution in [1.82, 2.24) is 4.98 Å². The molecule has 0 aliphatic rings. The molecule has 0 amide bonds. The van der Waals surface area contributed by atoms with E-state index in [0.29, 0.717) is 0 Å². The van der Waals surface area contributed by atoms with E-state index in [0.717, 1.165) is 38.7 Å². The Kier molecular flexibility index (Phi) is 4.49. The summed E-state index contributed by atoms with van der Waals surface area (Å²) < 4.78 is 6.32. The fraction of sp³-hybridized carbons (Fsp3) is 0.100. The van der Waals surface area contributed by atoms with E-state index in [4.69, 9.17) is 9.40 Å². The molecule has 0 radical (unpaired) electrons. The summed E-state index contributed by atoms with van der Waals surface area (Å²) in [5.74, 6) is 0. The van der Waals surface area contributed by atoms with Gasteiger partial charge < -0.3 is 4.42 Å². The third-order valence-electron chi connectivity index (χ3n) is 6.40. The van der Waals surface area contributed by atoms with E-state index in [2.05, 4.69) is 105 Å². The van der Waals surface area contributed by atoms with E-state index < -0.39 is 8.07 Å². The molecule has 2 nitrogen and oxygen atoms in total. The molecule has 33 heavy (non-hydrogen) atoms. The minimum Gasteiger partial charge on any atom is -0.455 e. The number of rotatable bonds is 3. The number of para-hydroxylation sites is 2. The zero-order valence-corrected chi connectivity index (χ0v) is 20.1. The fourth-order valence-electron chi connectivity index (χ4n) is 4.74. The lowest BCUT2D eigenvalue weighted by Gasteiger charge is -2.21. The van der Waals surface area contributed by atoms with Crippen molar-refractivity contribution in [1.29, 1.82) is 0 Å². The molecule has 6 rings (SSSR count). The predicted molar refractivity (Wildman–Crippen MR) is 143 cm³/mol. The standard InChI is InChI=1S/C30H25NOSi/c1-33(2,3)29-19-27(24-14-9-13-23-22-12-7-8-15-28(22)32-30(23)24)31-26-17-16-21(18-25(26)29)20-10-5-4-6-11-20/h4-19H,1-3H3. The smallest absolute Gasteiger partial charge is 0.144 e. The Morgan fingerprint density at radius 2 is 1.39 bits per heavy atom. The van der Waals surface area contributed by atoms with Crippen LogP contribution in [0.1, 0.15) is 0 Å². The first kappa shape index (κ1) is 20.0. The van der Waals surface area contributed by atoms with Crippen LogP contribution in [0, 0.1) is 0 Å². The Balaban J connectivity index is 1.62. The molecule has 0 spiro atoms. The maximum atomic E-state index is 6.32. The SMILES string of the molecule is C[Si](C)(C)c1cc(-c2cccc3c2oc2ccccc23)nc2ccc(-c3ccccc3)cc12. The highest BCUT2D eigenvalue weighted by molar-refractivity contribution is 6.90. The normalized spacial score (nSPS) is 12.1. The van der Waals surface area contributed by atoms with Crippen LogP contribution in [-0.2, 0) is 0 Å². The Labute approximate surface area is 194 Å². The molecule has 0 atom stereocenters. The molecule has 0 aliphatic heterocycles. The maximum absolute atomic E-state index is 6.32. The van der Waals surface area contributed by atoms with Gasteiger partial charge >= 0.3 is 0 Å². The van der Waals surface area contributed by atoms with Gasteiger partial charge in [0.2, 0.25) is 0 Å². The van der Waals surface area contributed by atoms with Crippen molar-refractivity contribution in [2.24, 2.45) is 0 Å². The van der Waals surface area contributed by atoms with E-state index in [-0.39, 0.29) is 0 Å². The third-order valence-corrected chi connectivity index (χ3v) is 8.43. The zero-order chi connectivity index (χ0) is 22.6. The molecule has 6 aromatic rings. The lowest BCUT2D eigenvalue weighted by atomic mass is 10.0. The predicted octanol–water partition coefficient (Wildman–Crippen LogP) is 8.01. The van der Waals surface area contributed by atoms with Gasteiger partial charge in [-0.15, -0.1) is 0 Å². The van der Waals surface area contributed by atoms with Crippen molar-refractivity contribution in [2.45, 2.75) is 19.6 Å². The van der Waals surface area contributed by atoms with Crippen LogP contribution in [0.15, 0.2) is 101 Å². The third kappa shape index (κ3) is 3.36. The summed E-state index contributed by atoms with van der Waals surface area (Å²) in [4.78, 5) is 5.14. The molecule has 160 valence electrons. The number of pyridine rings is 1. The number of aromatic nitrogens is 1. The molecule has 2 heterocycles. The number of benzene rings is 4. The summed E-state index contributed by atoms with van der Waals surface area (Å²) in [6, 6.07) is 34.2. The van der Waals surface area contributed by atoms with E-state index in [9.17, 15) is 0 Å². The van der Waals surface area contributed by atoms with Gasteiger partial charge in [0, 0.05) is 21.7 Å². The summed E-state index contributed by atoms with van der Waals surface area (Å²) >= 11 is 0. The topological polar surface area (TPSA) is 26.0 Å². The monoisotopic (exact) mass is 443 g/mol. The van der Waals surface area contributed by atoms with Gasteiger partial charge in [-0.1, -0.05) is 86.4 Å². The first-order valence-electron chi connectivity index (χ1n) is 11.4. The molecule has 0 saturated carbocycles. The summed E-state index contributed by atoms with van der Waals surface area (Å²) in [7, 11) is -1.66. The molecular formula is C30H25NOSi. The highest BCUT2D eigenvalue weighted by Gasteiger charge is 2.23. The highest BCUT2D eigenvalue weighted by Crippen LogP contribution is 2.36. The summed E-state index contributed by atoms with van der Waals surface area (Å²) in [6.07, 6.45) is 0. The van der Waals surface area contributed by atoms with Crippen molar-refractivity contribution in [3.8, 4) is 22.4 Å². The summed E-state index contributed by atoms with van der Waals surface area (Å²) in [5, 5.41) is 4.97. The van der Waals surface area contributed by atoms with E-state index in [1.54, 1.807) is 0 Å². The molecule has 4 aromatic carbocycles. The average Bonchev–Trinajstić information content (AvgIpc) is 3.22. The van der Waals surface area contributed by atoms with Crippen LogP contribution in [-0.4, -0.2) is 13.1 Å². The van der Waals surface area contributed by atoms with Gasteiger partial charge in [0.15, 0.2) is 0 Å². The van der Waals surface area contributed by atoms with Crippen LogP contribution < -0.4 is 5.19 Å². The number of nitrogens with zero attached hydrogens (tertiary/aromatic N) is 1. The van der Waals surface area contributed by atoms with Crippen LogP contribution in [0.5, 0.6) is 0 Å². The van der Waals surface area contributed by atoms with E-state index in [1.165, 1.54) is 21.7 Å². The zero-order valence-electron chi connectivity index (χ0n) is 19.1. The number of furan rings is 1. The second-order valence-corrected chi connectivity index (χ2v) is 14.7. The molecule has 0 saturated heterocycles. The highest BCUT2D eigenvalue weighted by atomic mass is 28.3. The second-order valence-electron chi connectivity index (χ2n) is 9.68. The van der Waals surface area contributed by atoms with Crippen molar-refractivity contribution in [3.05, 3.63) is 97.1 Å². The van der Waals surface area contributed by atoms with Crippen LogP contribution in [0.4, 0.5) is 0 Å². The number of hydrogen-bond acceptors (Lipinski definition) is 2. The minimum atomic E-state index is -1.66. The number of hydrogen-bond donors (Lipinski definition) is 0. The quantitative estimate of drug-likeness (QED) is 0.259. The van der Waals surface area contributed by atoms with Gasteiger partial charge in [-0.25, -0.2) is 4.98 Å².